The fraction of sp³-hybridized carbons (Fsp3) is 0.0909. The third-order valence-electron chi connectivity index (χ3n) is 2.64. The van der Waals surface area contributed by atoms with Gasteiger partial charge in [0.1, 0.15) is 11.1 Å². The normalized spacial score (nSPS) is 10.9. The van der Waals surface area contributed by atoms with Crippen LogP contribution in [0.25, 0.3) is 22.4 Å². The van der Waals surface area contributed by atoms with Gasteiger partial charge in [0.05, 0.1) is 0 Å². The highest BCUT2D eigenvalue weighted by molar-refractivity contribution is 5.85. The van der Waals surface area contributed by atoms with Gasteiger partial charge in [-0.1, -0.05) is 18.2 Å². The topological polar surface area (TPSA) is 84.7 Å². The Morgan fingerprint density at radius 1 is 1.29 bits per heavy atom. The number of nitrogens with zero attached hydrogens (tertiary/aromatic N) is 3. The van der Waals surface area contributed by atoms with Crippen molar-refractivity contribution in [3.8, 4) is 11.4 Å². The molecule has 1 N–H and O–H groups in total. The molecule has 17 heavy (non-hydrogen) atoms. The lowest BCUT2D eigenvalue weighted by Crippen LogP contribution is -2.07. The van der Waals surface area contributed by atoms with Crippen molar-refractivity contribution in [3.63, 3.8) is 0 Å². The summed E-state index contributed by atoms with van der Waals surface area (Å²) in [5, 5.41) is 14.2. The smallest absolute Gasteiger partial charge is 0.347 e. The second kappa shape index (κ2) is 3.51. The maximum Gasteiger partial charge on any atom is 0.347 e. The van der Waals surface area contributed by atoms with E-state index in [2.05, 4.69) is 20.6 Å². The number of fused-ring (bicyclic) bond motifs is 1. The molecule has 0 aliphatic heterocycles. The van der Waals surface area contributed by atoms with Crippen LogP contribution in [0.4, 0.5) is 0 Å². The highest BCUT2D eigenvalue weighted by Gasteiger charge is 2.16. The predicted octanol–water partition coefficient (Wildman–Crippen LogP) is 1.28. The Labute approximate surface area is 95.3 Å². The largest absolute Gasteiger partial charge is 0.422 e. The van der Waals surface area contributed by atoms with Crippen molar-refractivity contribution in [3.05, 3.63) is 40.2 Å². The molecule has 0 amide bonds. The van der Waals surface area contributed by atoms with E-state index in [4.69, 9.17) is 4.42 Å². The van der Waals surface area contributed by atoms with Crippen molar-refractivity contribution in [2.24, 2.45) is 0 Å². The van der Waals surface area contributed by atoms with Crippen LogP contribution in [0.2, 0.25) is 0 Å². The Hall–Kier alpha value is -2.50. The second-order valence-electron chi connectivity index (χ2n) is 3.62. The number of hydrogen-bond acceptors (Lipinski definition) is 5. The van der Waals surface area contributed by atoms with Crippen LogP contribution in [0, 0.1) is 6.92 Å². The number of tetrazole rings is 1. The molecule has 0 radical (unpaired) electrons. The molecule has 6 nitrogen and oxygen atoms in total. The zero-order chi connectivity index (χ0) is 11.8. The van der Waals surface area contributed by atoms with E-state index in [0.717, 1.165) is 10.9 Å². The molecular weight excluding hydrogens is 220 g/mol. The Morgan fingerprint density at radius 3 is 2.88 bits per heavy atom. The van der Waals surface area contributed by atoms with Gasteiger partial charge in [-0.25, -0.2) is 4.79 Å². The van der Waals surface area contributed by atoms with Crippen molar-refractivity contribution in [1.29, 1.82) is 0 Å². The maximum absolute atomic E-state index is 11.9. The molecule has 0 unspecified atom stereocenters. The Balaban J connectivity index is 2.44. The molecule has 0 spiro atoms. The Morgan fingerprint density at radius 2 is 2.12 bits per heavy atom. The molecule has 0 bridgehead atoms. The maximum atomic E-state index is 11.9. The number of hydrogen-bond donors (Lipinski definition) is 1. The van der Waals surface area contributed by atoms with Crippen LogP contribution in [0.5, 0.6) is 0 Å². The number of aromatic nitrogens is 4. The number of H-pyrrole nitrogens is 1. The van der Waals surface area contributed by atoms with Crippen LogP contribution in [0.3, 0.4) is 0 Å². The molecule has 1 aromatic carbocycles. The highest BCUT2D eigenvalue weighted by Crippen LogP contribution is 2.23. The quantitative estimate of drug-likeness (QED) is 0.634. The van der Waals surface area contributed by atoms with Crippen molar-refractivity contribution >= 4 is 11.0 Å². The summed E-state index contributed by atoms with van der Waals surface area (Å²) in [6.45, 7) is 1.84. The van der Waals surface area contributed by atoms with Gasteiger partial charge in [-0.3, -0.25) is 0 Å². The summed E-state index contributed by atoms with van der Waals surface area (Å²) in [5.41, 5.74) is 1.24. The van der Waals surface area contributed by atoms with Gasteiger partial charge in [-0.05, 0) is 23.8 Å². The molecule has 2 heterocycles. The molecule has 0 atom stereocenters. The first kappa shape index (κ1) is 9.71. The van der Waals surface area contributed by atoms with E-state index in [9.17, 15) is 4.79 Å². The molecule has 0 aliphatic carbocycles. The number of nitrogens with one attached hydrogen (secondary N) is 1. The number of rotatable bonds is 1. The van der Waals surface area contributed by atoms with E-state index >= 15 is 0 Å². The predicted molar refractivity (Wildman–Crippen MR) is 60.4 cm³/mol. The lowest BCUT2D eigenvalue weighted by atomic mass is 10.1. The first-order chi connectivity index (χ1) is 8.27. The number of para-hydroxylation sites is 1. The standard InChI is InChI=1S/C11H8N4O2/c1-6-7-4-2-3-5-8(7)17-11(16)9(6)10-12-14-15-13-10/h2-5H,1H3,(H,12,13,14,15). The number of aromatic amines is 1. The van der Waals surface area contributed by atoms with Crippen LogP contribution in [-0.2, 0) is 0 Å². The van der Waals surface area contributed by atoms with E-state index in [1.807, 2.05) is 25.1 Å². The minimum absolute atomic E-state index is 0.252. The molecule has 84 valence electrons. The van der Waals surface area contributed by atoms with Gasteiger partial charge in [0.15, 0.2) is 0 Å². The zero-order valence-electron chi connectivity index (χ0n) is 8.97. The van der Waals surface area contributed by atoms with Crippen LogP contribution < -0.4 is 5.63 Å². The van der Waals surface area contributed by atoms with E-state index in [-0.39, 0.29) is 5.82 Å². The van der Waals surface area contributed by atoms with Crippen LogP contribution >= 0.6 is 0 Å². The van der Waals surface area contributed by atoms with Crippen molar-refractivity contribution in [2.75, 3.05) is 0 Å². The summed E-state index contributed by atoms with van der Waals surface area (Å²) >= 11 is 0. The van der Waals surface area contributed by atoms with Crippen LogP contribution in [0.15, 0.2) is 33.5 Å². The molecule has 0 saturated carbocycles. The fourth-order valence-electron chi connectivity index (χ4n) is 1.83. The Bertz CT molecular complexity index is 731. The van der Waals surface area contributed by atoms with Gasteiger partial charge >= 0.3 is 5.63 Å². The average Bonchev–Trinajstić information content (AvgIpc) is 2.83. The average molecular weight is 228 g/mol. The molecule has 2 aromatic heterocycles. The summed E-state index contributed by atoms with van der Waals surface area (Å²) in [6.07, 6.45) is 0. The molecule has 3 aromatic rings. The van der Waals surface area contributed by atoms with E-state index in [0.29, 0.717) is 11.1 Å². The summed E-state index contributed by atoms with van der Waals surface area (Å²) < 4.78 is 5.22. The van der Waals surface area contributed by atoms with Crippen molar-refractivity contribution in [1.82, 2.24) is 20.6 Å². The second-order valence-corrected chi connectivity index (χ2v) is 3.62. The molecule has 0 aliphatic rings. The lowest BCUT2D eigenvalue weighted by Gasteiger charge is -2.03. The van der Waals surface area contributed by atoms with Gasteiger partial charge in [-0.2, -0.15) is 5.21 Å². The van der Waals surface area contributed by atoms with E-state index < -0.39 is 5.63 Å². The van der Waals surface area contributed by atoms with Gasteiger partial charge in [0, 0.05) is 5.39 Å². The third kappa shape index (κ3) is 1.42. The highest BCUT2D eigenvalue weighted by atomic mass is 16.4. The van der Waals surface area contributed by atoms with Gasteiger partial charge in [0.2, 0.25) is 5.82 Å². The number of benzene rings is 1. The lowest BCUT2D eigenvalue weighted by molar-refractivity contribution is 0.561. The molecule has 3 rings (SSSR count). The van der Waals surface area contributed by atoms with E-state index in [1.54, 1.807) is 6.07 Å². The van der Waals surface area contributed by atoms with Crippen molar-refractivity contribution < 1.29 is 4.42 Å². The Kier molecular flexibility index (Phi) is 2.01. The van der Waals surface area contributed by atoms with Gasteiger partial charge in [-0.15, -0.1) is 10.2 Å². The first-order valence-electron chi connectivity index (χ1n) is 5.03. The van der Waals surface area contributed by atoms with Crippen LogP contribution in [0.1, 0.15) is 5.56 Å². The monoisotopic (exact) mass is 228 g/mol. The number of aryl methyl sites for hydroxylation is 1. The van der Waals surface area contributed by atoms with Crippen molar-refractivity contribution in [2.45, 2.75) is 6.92 Å². The summed E-state index contributed by atoms with van der Waals surface area (Å²) in [7, 11) is 0. The molecular formula is C11H8N4O2. The SMILES string of the molecule is Cc1c(-c2nn[nH]n2)c(=O)oc2ccccc12. The summed E-state index contributed by atoms with van der Waals surface area (Å²) in [4.78, 5) is 11.9. The summed E-state index contributed by atoms with van der Waals surface area (Å²) in [5.74, 6) is 0.252. The minimum atomic E-state index is -0.456. The van der Waals surface area contributed by atoms with Gasteiger partial charge in [0.25, 0.3) is 0 Å². The zero-order valence-corrected chi connectivity index (χ0v) is 8.97. The van der Waals surface area contributed by atoms with Crippen LogP contribution in [-0.4, -0.2) is 20.6 Å². The van der Waals surface area contributed by atoms with E-state index in [1.165, 1.54) is 0 Å². The summed E-state index contributed by atoms with van der Waals surface area (Å²) in [6, 6.07) is 7.34. The third-order valence-corrected chi connectivity index (χ3v) is 2.64. The molecule has 0 fully saturated rings. The fourth-order valence-corrected chi connectivity index (χ4v) is 1.83. The minimum Gasteiger partial charge on any atom is -0.422 e. The van der Waals surface area contributed by atoms with Gasteiger partial charge < -0.3 is 4.42 Å². The molecule has 0 saturated heterocycles. The molecule has 6 heteroatoms. The first-order valence-corrected chi connectivity index (χ1v) is 5.03.